The summed E-state index contributed by atoms with van der Waals surface area (Å²) >= 11 is 0. The van der Waals surface area contributed by atoms with E-state index in [-0.39, 0.29) is 18.2 Å². The van der Waals surface area contributed by atoms with Gasteiger partial charge < -0.3 is 9.47 Å². The van der Waals surface area contributed by atoms with E-state index in [0.717, 1.165) is 11.4 Å². The number of fused-ring (bicyclic) bond motifs is 1. The van der Waals surface area contributed by atoms with Crippen molar-refractivity contribution in [3.63, 3.8) is 0 Å². The summed E-state index contributed by atoms with van der Waals surface area (Å²) in [5, 5.41) is 1.25. The van der Waals surface area contributed by atoms with Gasteiger partial charge in [-0.3, -0.25) is 4.98 Å². The first-order chi connectivity index (χ1) is 10.5. The van der Waals surface area contributed by atoms with Crippen LogP contribution in [0.3, 0.4) is 0 Å². The Hall–Kier alpha value is -2.07. The summed E-state index contributed by atoms with van der Waals surface area (Å²) in [7, 11) is 4.07. The first-order valence-corrected chi connectivity index (χ1v) is 7.35. The topological polar surface area (TPSA) is 21.1 Å². The van der Waals surface area contributed by atoms with Gasteiger partial charge in [0.15, 0.2) is 0 Å². The molecule has 2 aromatic heterocycles. The van der Waals surface area contributed by atoms with Crippen molar-refractivity contribution in [3.05, 3.63) is 59.3 Å². The molecule has 0 spiro atoms. The molecular formula is C18H21ClFN3. The number of hydrogen-bond donors (Lipinski definition) is 0. The number of benzene rings is 1. The highest BCUT2D eigenvalue weighted by Crippen LogP contribution is 2.27. The van der Waals surface area contributed by atoms with E-state index in [1.54, 1.807) is 12.1 Å². The Morgan fingerprint density at radius 2 is 1.78 bits per heavy atom. The molecule has 0 aliphatic carbocycles. The number of nitrogens with zero attached hydrogens (tertiary/aromatic N) is 3. The quantitative estimate of drug-likeness (QED) is 0.709. The molecule has 2 heterocycles. The fourth-order valence-electron chi connectivity index (χ4n) is 2.92. The number of halogens is 2. The van der Waals surface area contributed by atoms with Crippen LogP contribution in [0.4, 0.5) is 10.1 Å². The van der Waals surface area contributed by atoms with Gasteiger partial charge in [0, 0.05) is 37.1 Å². The third kappa shape index (κ3) is 3.04. The van der Waals surface area contributed by atoms with Crippen molar-refractivity contribution in [3.8, 4) is 0 Å². The van der Waals surface area contributed by atoms with Crippen LogP contribution in [0.25, 0.3) is 10.9 Å². The van der Waals surface area contributed by atoms with Crippen LogP contribution in [0.2, 0.25) is 0 Å². The SMILES string of the molecule is Cc1c(C)n(C)c2c(CN(C)c3ccc(F)cc3)nccc12.Cl. The normalized spacial score (nSPS) is 10.7. The maximum absolute atomic E-state index is 13.1. The molecule has 122 valence electrons. The Balaban J connectivity index is 0.00000192. The van der Waals surface area contributed by atoms with E-state index in [1.165, 1.54) is 34.3 Å². The molecule has 23 heavy (non-hydrogen) atoms. The van der Waals surface area contributed by atoms with Gasteiger partial charge in [-0.25, -0.2) is 4.39 Å². The molecule has 0 unspecified atom stereocenters. The standard InChI is InChI=1S/C18H20FN3.ClH/c1-12-13(2)22(4)18-16(12)9-10-20-17(18)11-21(3)15-7-5-14(19)6-8-15;/h5-10H,11H2,1-4H3;1H. The molecular weight excluding hydrogens is 313 g/mol. The molecule has 1 aromatic carbocycles. The predicted molar refractivity (Wildman–Crippen MR) is 95.9 cm³/mol. The predicted octanol–water partition coefficient (Wildman–Crippen LogP) is 4.39. The lowest BCUT2D eigenvalue weighted by molar-refractivity contribution is 0.627. The van der Waals surface area contributed by atoms with Gasteiger partial charge in [-0.2, -0.15) is 0 Å². The van der Waals surface area contributed by atoms with Crippen LogP contribution >= 0.6 is 12.4 Å². The minimum atomic E-state index is -0.217. The number of pyridine rings is 1. The van der Waals surface area contributed by atoms with Crippen molar-refractivity contribution >= 4 is 29.0 Å². The summed E-state index contributed by atoms with van der Waals surface area (Å²) < 4.78 is 15.3. The lowest BCUT2D eigenvalue weighted by Crippen LogP contribution is -2.18. The number of rotatable bonds is 3. The van der Waals surface area contributed by atoms with Crippen molar-refractivity contribution in [2.24, 2.45) is 7.05 Å². The zero-order valence-electron chi connectivity index (χ0n) is 13.8. The molecule has 3 rings (SSSR count). The number of aryl methyl sites for hydroxylation is 2. The summed E-state index contributed by atoms with van der Waals surface area (Å²) in [6.07, 6.45) is 1.86. The van der Waals surface area contributed by atoms with E-state index >= 15 is 0 Å². The molecule has 0 amide bonds. The maximum Gasteiger partial charge on any atom is 0.123 e. The van der Waals surface area contributed by atoms with Gasteiger partial charge in [-0.15, -0.1) is 12.4 Å². The van der Waals surface area contributed by atoms with Crippen molar-refractivity contribution in [2.45, 2.75) is 20.4 Å². The zero-order valence-corrected chi connectivity index (χ0v) is 14.6. The Labute approximate surface area is 142 Å². The van der Waals surface area contributed by atoms with E-state index in [9.17, 15) is 4.39 Å². The van der Waals surface area contributed by atoms with E-state index in [4.69, 9.17) is 0 Å². The zero-order chi connectivity index (χ0) is 15.9. The number of hydrogen-bond acceptors (Lipinski definition) is 2. The highest BCUT2D eigenvalue weighted by Gasteiger charge is 2.14. The molecule has 5 heteroatoms. The summed E-state index contributed by atoms with van der Waals surface area (Å²) in [4.78, 5) is 6.65. The van der Waals surface area contributed by atoms with Crippen LogP contribution in [0.5, 0.6) is 0 Å². The number of aromatic nitrogens is 2. The third-order valence-corrected chi connectivity index (χ3v) is 4.44. The highest BCUT2D eigenvalue weighted by atomic mass is 35.5. The molecule has 0 saturated carbocycles. The Kier molecular flexibility index (Phi) is 4.95. The molecule has 0 saturated heterocycles. The lowest BCUT2D eigenvalue weighted by atomic mass is 10.1. The second-order valence-electron chi connectivity index (χ2n) is 5.76. The first kappa shape index (κ1) is 17.3. The minimum Gasteiger partial charge on any atom is -0.369 e. The van der Waals surface area contributed by atoms with Gasteiger partial charge in [0.1, 0.15) is 5.82 Å². The van der Waals surface area contributed by atoms with Crippen molar-refractivity contribution < 1.29 is 4.39 Å². The molecule has 0 atom stereocenters. The molecule has 0 radical (unpaired) electrons. The van der Waals surface area contributed by atoms with Crippen molar-refractivity contribution in [1.82, 2.24) is 9.55 Å². The van der Waals surface area contributed by atoms with Gasteiger partial charge in [0.25, 0.3) is 0 Å². The summed E-state index contributed by atoms with van der Waals surface area (Å²) in [5.41, 5.74) is 5.73. The van der Waals surface area contributed by atoms with Gasteiger partial charge in [-0.1, -0.05) is 0 Å². The first-order valence-electron chi connectivity index (χ1n) is 7.35. The lowest BCUT2D eigenvalue weighted by Gasteiger charge is -2.19. The van der Waals surface area contributed by atoms with Crippen LogP contribution in [-0.2, 0) is 13.6 Å². The Morgan fingerprint density at radius 3 is 2.43 bits per heavy atom. The molecule has 0 fully saturated rings. The Morgan fingerprint density at radius 1 is 1.13 bits per heavy atom. The minimum absolute atomic E-state index is 0. The number of anilines is 1. The molecule has 0 aliphatic rings. The van der Waals surface area contributed by atoms with Crippen LogP contribution < -0.4 is 4.90 Å². The molecule has 0 aliphatic heterocycles. The van der Waals surface area contributed by atoms with Gasteiger partial charge in [-0.05, 0) is 49.7 Å². The second-order valence-corrected chi connectivity index (χ2v) is 5.76. The smallest absolute Gasteiger partial charge is 0.123 e. The van der Waals surface area contributed by atoms with Crippen LogP contribution in [0.1, 0.15) is 17.0 Å². The second kappa shape index (κ2) is 6.59. The molecule has 0 N–H and O–H groups in total. The molecule has 3 aromatic rings. The van der Waals surface area contributed by atoms with Crippen LogP contribution in [0.15, 0.2) is 36.5 Å². The van der Waals surface area contributed by atoms with E-state index in [2.05, 4.69) is 41.4 Å². The monoisotopic (exact) mass is 333 g/mol. The summed E-state index contributed by atoms with van der Waals surface area (Å²) in [6, 6.07) is 8.61. The average molecular weight is 334 g/mol. The van der Waals surface area contributed by atoms with E-state index in [1.807, 2.05) is 13.2 Å². The fraction of sp³-hybridized carbons (Fsp3) is 0.278. The average Bonchev–Trinajstić information content (AvgIpc) is 2.73. The molecule has 0 bridgehead atoms. The summed E-state index contributed by atoms with van der Waals surface area (Å²) in [6.45, 7) is 4.95. The third-order valence-electron chi connectivity index (χ3n) is 4.44. The van der Waals surface area contributed by atoms with Crippen LogP contribution in [0, 0.1) is 19.7 Å². The molecule has 3 nitrogen and oxygen atoms in total. The Bertz CT molecular complexity index is 824. The van der Waals surface area contributed by atoms with E-state index in [0.29, 0.717) is 6.54 Å². The van der Waals surface area contributed by atoms with Crippen molar-refractivity contribution in [1.29, 1.82) is 0 Å². The summed E-state index contributed by atoms with van der Waals surface area (Å²) in [5.74, 6) is -0.217. The van der Waals surface area contributed by atoms with Crippen LogP contribution in [-0.4, -0.2) is 16.6 Å². The van der Waals surface area contributed by atoms with Gasteiger partial charge >= 0.3 is 0 Å². The fourth-order valence-corrected chi connectivity index (χ4v) is 2.92. The highest BCUT2D eigenvalue weighted by molar-refractivity contribution is 5.87. The van der Waals surface area contributed by atoms with Gasteiger partial charge in [0.05, 0.1) is 17.8 Å². The van der Waals surface area contributed by atoms with E-state index < -0.39 is 0 Å². The largest absolute Gasteiger partial charge is 0.369 e. The van der Waals surface area contributed by atoms with Crippen molar-refractivity contribution in [2.75, 3.05) is 11.9 Å². The van der Waals surface area contributed by atoms with Gasteiger partial charge in [0.2, 0.25) is 0 Å². The maximum atomic E-state index is 13.1.